The van der Waals surface area contributed by atoms with E-state index in [2.05, 4.69) is 20.3 Å². The number of piperazine rings is 1. The van der Waals surface area contributed by atoms with E-state index in [1.54, 1.807) is 24.5 Å². The van der Waals surface area contributed by atoms with Crippen molar-refractivity contribution in [3.8, 4) is 11.3 Å². The molecule has 5 nitrogen and oxygen atoms in total. The molecule has 2 aromatic heterocycles. The third-order valence-electron chi connectivity index (χ3n) is 3.14. The third kappa shape index (κ3) is 2.39. The zero-order valence-corrected chi connectivity index (χ0v) is 10.4. The Kier molecular flexibility index (Phi) is 3.33. The third-order valence-corrected chi connectivity index (χ3v) is 3.14. The number of pyridine rings is 1. The Morgan fingerprint density at radius 2 is 1.84 bits per heavy atom. The molecule has 6 heteroatoms. The highest BCUT2D eigenvalue weighted by molar-refractivity contribution is 5.63. The fourth-order valence-corrected chi connectivity index (χ4v) is 2.17. The lowest BCUT2D eigenvalue weighted by molar-refractivity contribution is 0.557. The Bertz CT molecular complexity index is 554. The first-order chi connectivity index (χ1) is 9.36. The molecule has 1 N–H and O–H groups in total. The fraction of sp³-hybridized carbons (Fsp3) is 0.308. The molecule has 2 aromatic rings. The van der Waals surface area contributed by atoms with Gasteiger partial charge in [-0.1, -0.05) is 0 Å². The van der Waals surface area contributed by atoms with E-state index in [-0.39, 0.29) is 5.82 Å². The Hall–Kier alpha value is -2.08. The average Bonchev–Trinajstić information content (AvgIpc) is 2.49. The topological polar surface area (TPSA) is 53.9 Å². The Labute approximate surface area is 110 Å². The highest BCUT2D eigenvalue weighted by Gasteiger charge is 2.19. The highest BCUT2D eigenvalue weighted by Crippen LogP contribution is 2.25. The number of halogens is 1. The van der Waals surface area contributed by atoms with E-state index >= 15 is 0 Å². The van der Waals surface area contributed by atoms with E-state index in [1.165, 1.54) is 6.33 Å². The van der Waals surface area contributed by atoms with Gasteiger partial charge in [-0.2, -0.15) is 0 Å². The predicted octanol–water partition coefficient (Wildman–Crippen LogP) is 1.09. The van der Waals surface area contributed by atoms with Gasteiger partial charge in [0.05, 0.1) is 0 Å². The van der Waals surface area contributed by atoms with E-state index in [0.717, 1.165) is 26.2 Å². The van der Waals surface area contributed by atoms with Crippen LogP contribution in [0.4, 0.5) is 10.2 Å². The van der Waals surface area contributed by atoms with Crippen LogP contribution in [0, 0.1) is 5.82 Å². The van der Waals surface area contributed by atoms with E-state index in [9.17, 15) is 4.39 Å². The van der Waals surface area contributed by atoms with Gasteiger partial charge in [-0.15, -0.1) is 0 Å². The van der Waals surface area contributed by atoms with Crippen molar-refractivity contribution in [1.29, 1.82) is 0 Å². The van der Waals surface area contributed by atoms with Crippen molar-refractivity contribution in [2.75, 3.05) is 31.1 Å². The molecule has 1 aliphatic heterocycles. The molecule has 98 valence electrons. The molecular formula is C13H14FN5. The van der Waals surface area contributed by atoms with Crippen molar-refractivity contribution in [3.63, 3.8) is 0 Å². The van der Waals surface area contributed by atoms with Crippen LogP contribution in [-0.4, -0.2) is 41.1 Å². The lowest BCUT2D eigenvalue weighted by atomic mass is 10.2. The Morgan fingerprint density at radius 1 is 1.11 bits per heavy atom. The summed E-state index contributed by atoms with van der Waals surface area (Å²) in [6, 6.07) is 3.49. The van der Waals surface area contributed by atoms with Crippen LogP contribution in [0.5, 0.6) is 0 Å². The molecule has 0 aromatic carbocycles. The van der Waals surface area contributed by atoms with Gasteiger partial charge in [-0.05, 0) is 12.1 Å². The van der Waals surface area contributed by atoms with Crippen LogP contribution in [0.25, 0.3) is 11.3 Å². The average molecular weight is 259 g/mol. The molecule has 3 heterocycles. The van der Waals surface area contributed by atoms with Gasteiger partial charge in [0.1, 0.15) is 12.0 Å². The monoisotopic (exact) mass is 259 g/mol. The van der Waals surface area contributed by atoms with Crippen molar-refractivity contribution in [3.05, 3.63) is 36.7 Å². The first-order valence-electron chi connectivity index (χ1n) is 6.23. The van der Waals surface area contributed by atoms with Gasteiger partial charge in [0.15, 0.2) is 11.6 Å². The van der Waals surface area contributed by atoms with Crippen molar-refractivity contribution >= 4 is 5.82 Å². The van der Waals surface area contributed by atoms with Crippen LogP contribution >= 0.6 is 0 Å². The van der Waals surface area contributed by atoms with Gasteiger partial charge < -0.3 is 10.2 Å². The Balaban J connectivity index is 1.99. The van der Waals surface area contributed by atoms with Gasteiger partial charge in [0, 0.05) is 44.1 Å². The summed E-state index contributed by atoms with van der Waals surface area (Å²) in [4.78, 5) is 14.0. The van der Waals surface area contributed by atoms with Crippen LogP contribution in [0.3, 0.4) is 0 Å². The van der Waals surface area contributed by atoms with Crippen LogP contribution in [0.1, 0.15) is 0 Å². The van der Waals surface area contributed by atoms with E-state index in [0.29, 0.717) is 17.1 Å². The number of anilines is 1. The number of hydrogen-bond acceptors (Lipinski definition) is 5. The summed E-state index contributed by atoms with van der Waals surface area (Å²) in [5.74, 6) is 0.0129. The van der Waals surface area contributed by atoms with Gasteiger partial charge >= 0.3 is 0 Å². The van der Waals surface area contributed by atoms with Crippen molar-refractivity contribution in [2.45, 2.75) is 0 Å². The predicted molar refractivity (Wildman–Crippen MR) is 70.3 cm³/mol. The molecule has 1 fully saturated rings. The molecule has 1 saturated heterocycles. The number of rotatable bonds is 2. The summed E-state index contributed by atoms with van der Waals surface area (Å²) >= 11 is 0. The molecule has 3 rings (SSSR count). The highest BCUT2D eigenvalue weighted by atomic mass is 19.1. The minimum absolute atomic E-state index is 0.325. The van der Waals surface area contributed by atoms with E-state index < -0.39 is 0 Å². The minimum atomic E-state index is -0.365. The number of nitrogens with zero attached hydrogens (tertiary/aromatic N) is 4. The zero-order chi connectivity index (χ0) is 13.1. The van der Waals surface area contributed by atoms with E-state index in [4.69, 9.17) is 0 Å². The molecule has 0 spiro atoms. The molecule has 0 bridgehead atoms. The summed E-state index contributed by atoms with van der Waals surface area (Å²) in [5.41, 5.74) is 1.04. The molecule has 0 amide bonds. The van der Waals surface area contributed by atoms with Crippen LogP contribution in [0.2, 0.25) is 0 Å². The summed E-state index contributed by atoms with van der Waals surface area (Å²) in [5, 5.41) is 3.23. The summed E-state index contributed by atoms with van der Waals surface area (Å²) in [7, 11) is 0. The lowest BCUT2D eigenvalue weighted by Crippen LogP contribution is -2.44. The van der Waals surface area contributed by atoms with Crippen molar-refractivity contribution < 1.29 is 4.39 Å². The molecule has 0 aliphatic carbocycles. The summed E-state index contributed by atoms with van der Waals surface area (Å²) in [6.07, 6.45) is 4.67. The van der Waals surface area contributed by atoms with E-state index in [1.807, 2.05) is 4.90 Å². The molecule has 0 unspecified atom stereocenters. The van der Waals surface area contributed by atoms with Gasteiger partial charge in [0.2, 0.25) is 0 Å². The maximum absolute atomic E-state index is 14.5. The van der Waals surface area contributed by atoms with Gasteiger partial charge in [-0.3, -0.25) is 4.98 Å². The lowest BCUT2D eigenvalue weighted by Gasteiger charge is -2.28. The SMILES string of the molecule is Fc1c(-c2ccncc2)ncnc1N1CCNCC1. The Morgan fingerprint density at radius 3 is 2.58 bits per heavy atom. The van der Waals surface area contributed by atoms with Gasteiger partial charge in [0.25, 0.3) is 0 Å². The maximum Gasteiger partial charge on any atom is 0.191 e. The smallest absolute Gasteiger partial charge is 0.191 e. The summed E-state index contributed by atoms with van der Waals surface area (Å²) < 4.78 is 14.5. The molecular weight excluding hydrogens is 245 g/mol. The maximum atomic E-state index is 14.5. The van der Waals surface area contributed by atoms with Gasteiger partial charge in [-0.25, -0.2) is 14.4 Å². The van der Waals surface area contributed by atoms with Crippen molar-refractivity contribution in [1.82, 2.24) is 20.3 Å². The summed E-state index contributed by atoms with van der Waals surface area (Å²) in [6.45, 7) is 3.19. The second-order valence-electron chi connectivity index (χ2n) is 4.33. The number of aromatic nitrogens is 3. The first kappa shape index (κ1) is 12.0. The molecule has 1 aliphatic rings. The second kappa shape index (κ2) is 5.27. The van der Waals surface area contributed by atoms with Crippen LogP contribution in [0.15, 0.2) is 30.9 Å². The molecule has 0 radical (unpaired) electrons. The quantitative estimate of drug-likeness (QED) is 0.875. The normalized spacial score (nSPS) is 15.5. The zero-order valence-electron chi connectivity index (χ0n) is 10.4. The standard InChI is InChI=1S/C13H14FN5/c14-11-12(10-1-3-15-4-2-10)17-9-18-13(11)19-7-5-16-6-8-19/h1-4,9,16H,5-8H2. The first-order valence-corrected chi connectivity index (χ1v) is 6.23. The van der Waals surface area contributed by atoms with Crippen LogP contribution < -0.4 is 10.2 Å². The molecule has 0 atom stereocenters. The molecule has 19 heavy (non-hydrogen) atoms. The largest absolute Gasteiger partial charge is 0.352 e. The molecule has 0 saturated carbocycles. The fourth-order valence-electron chi connectivity index (χ4n) is 2.17. The number of hydrogen-bond donors (Lipinski definition) is 1. The second-order valence-corrected chi connectivity index (χ2v) is 4.33. The van der Waals surface area contributed by atoms with Crippen LogP contribution in [-0.2, 0) is 0 Å². The van der Waals surface area contributed by atoms with Crippen molar-refractivity contribution in [2.24, 2.45) is 0 Å². The minimum Gasteiger partial charge on any atom is -0.352 e. The number of nitrogens with one attached hydrogen (secondary N) is 1.